The van der Waals surface area contributed by atoms with E-state index in [-0.39, 0.29) is 11.9 Å². The molecule has 0 fully saturated rings. The highest BCUT2D eigenvalue weighted by Gasteiger charge is 2.41. The number of carbonyl (C=O) groups is 1. The fraction of sp³-hybridized carbons (Fsp3) is 0.286. The highest BCUT2D eigenvalue weighted by atomic mass is 32.1. The summed E-state index contributed by atoms with van der Waals surface area (Å²) >= 11 is 1.67. The van der Waals surface area contributed by atoms with E-state index in [1.165, 1.54) is 10.4 Å². The molecule has 4 rings (SSSR count). The van der Waals surface area contributed by atoms with Crippen LogP contribution in [-0.4, -0.2) is 22.8 Å². The molecule has 0 aliphatic carbocycles. The Hall–Kier alpha value is -2.08. The van der Waals surface area contributed by atoms with Crippen molar-refractivity contribution in [1.82, 2.24) is 10.2 Å². The van der Waals surface area contributed by atoms with Gasteiger partial charge in [-0.15, -0.1) is 11.3 Å². The van der Waals surface area contributed by atoms with Crippen LogP contribution >= 0.6 is 11.3 Å². The van der Waals surface area contributed by atoms with E-state index in [1.54, 1.807) is 11.3 Å². The first-order valence-electron chi connectivity index (χ1n) is 6.43. The molecule has 1 atom stereocenters. The van der Waals surface area contributed by atoms with E-state index in [2.05, 4.69) is 33.9 Å². The van der Waals surface area contributed by atoms with Gasteiger partial charge in [-0.2, -0.15) is 5.10 Å². The standard InChI is InChI=1S/C14H13N3O2S/c1-6-3-4-20-12(6)11-9-7(2)16-17-13(9)15-8-5-19-14(18)10(8)11/h3-4,11H,5H2,1-2H3,(H2,15,16,17). The summed E-state index contributed by atoms with van der Waals surface area (Å²) in [6, 6.07) is 2.08. The maximum Gasteiger partial charge on any atom is 0.337 e. The number of anilines is 1. The second kappa shape index (κ2) is 3.96. The van der Waals surface area contributed by atoms with E-state index in [0.717, 1.165) is 28.3 Å². The number of aromatic nitrogens is 2. The Balaban J connectivity index is 1.99. The van der Waals surface area contributed by atoms with E-state index in [9.17, 15) is 4.79 Å². The summed E-state index contributed by atoms with van der Waals surface area (Å²) in [5, 5.41) is 12.6. The number of aryl methyl sites for hydroxylation is 2. The largest absolute Gasteiger partial charge is 0.456 e. The molecule has 20 heavy (non-hydrogen) atoms. The highest BCUT2D eigenvalue weighted by Crippen LogP contribution is 2.46. The number of hydrogen-bond donors (Lipinski definition) is 2. The van der Waals surface area contributed by atoms with Gasteiger partial charge in [-0.3, -0.25) is 5.10 Å². The molecule has 4 heterocycles. The van der Waals surface area contributed by atoms with Crippen LogP contribution in [0.3, 0.4) is 0 Å². The normalized spacial score (nSPS) is 20.5. The second-order valence-corrected chi connectivity index (χ2v) is 6.05. The van der Waals surface area contributed by atoms with Crippen molar-refractivity contribution in [3.63, 3.8) is 0 Å². The number of ether oxygens (including phenoxy) is 1. The second-order valence-electron chi connectivity index (χ2n) is 5.11. The number of nitrogens with one attached hydrogen (secondary N) is 2. The number of thiophene rings is 1. The Morgan fingerprint density at radius 2 is 2.30 bits per heavy atom. The molecule has 102 valence electrons. The summed E-state index contributed by atoms with van der Waals surface area (Å²) in [5.41, 5.74) is 4.80. The van der Waals surface area contributed by atoms with Crippen LogP contribution in [0.4, 0.5) is 5.82 Å². The zero-order valence-corrected chi connectivity index (χ0v) is 11.9. The topological polar surface area (TPSA) is 67.0 Å². The summed E-state index contributed by atoms with van der Waals surface area (Å²) in [6.45, 7) is 4.36. The first kappa shape index (κ1) is 11.7. The smallest absolute Gasteiger partial charge is 0.337 e. The van der Waals surface area contributed by atoms with Gasteiger partial charge in [0, 0.05) is 16.1 Å². The molecule has 2 aromatic heterocycles. The first-order valence-corrected chi connectivity index (χ1v) is 7.31. The Morgan fingerprint density at radius 1 is 1.45 bits per heavy atom. The Bertz CT molecular complexity index is 756. The maximum absolute atomic E-state index is 12.1. The predicted octanol–water partition coefficient (Wildman–Crippen LogP) is 2.46. The third kappa shape index (κ3) is 1.42. The van der Waals surface area contributed by atoms with Crippen molar-refractivity contribution in [3.05, 3.63) is 44.4 Å². The molecule has 0 saturated carbocycles. The van der Waals surface area contributed by atoms with Crippen LogP contribution in [0.15, 0.2) is 22.7 Å². The number of fused-ring (bicyclic) bond motifs is 1. The van der Waals surface area contributed by atoms with Gasteiger partial charge in [0.25, 0.3) is 0 Å². The molecule has 2 aliphatic rings. The van der Waals surface area contributed by atoms with Gasteiger partial charge in [-0.25, -0.2) is 4.79 Å². The van der Waals surface area contributed by atoms with Gasteiger partial charge < -0.3 is 10.1 Å². The average Bonchev–Trinajstić information content (AvgIpc) is 3.10. The van der Waals surface area contributed by atoms with Gasteiger partial charge >= 0.3 is 5.97 Å². The van der Waals surface area contributed by atoms with Crippen LogP contribution in [-0.2, 0) is 9.53 Å². The van der Waals surface area contributed by atoms with E-state index >= 15 is 0 Å². The lowest BCUT2D eigenvalue weighted by Crippen LogP contribution is -2.19. The van der Waals surface area contributed by atoms with E-state index in [1.807, 2.05) is 6.92 Å². The lowest BCUT2D eigenvalue weighted by Gasteiger charge is -2.23. The molecular formula is C14H13N3O2S. The fourth-order valence-corrected chi connectivity index (χ4v) is 3.97. The molecule has 2 N–H and O–H groups in total. The first-order chi connectivity index (χ1) is 9.66. The van der Waals surface area contributed by atoms with Gasteiger partial charge in [0.15, 0.2) is 5.82 Å². The molecule has 0 radical (unpaired) electrons. The minimum Gasteiger partial charge on any atom is -0.456 e. The van der Waals surface area contributed by atoms with Gasteiger partial charge in [-0.05, 0) is 30.9 Å². The molecule has 0 aromatic carbocycles. The number of rotatable bonds is 1. The van der Waals surface area contributed by atoms with Crippen LogP contribution in [0.5, 0.6) is 0 Å². The summed E-state index contributed by atoms with van der Waals surface area (Å²) in [7, 11) is 0. The summed E-state index contributed by atoms with van der Waals surface area (Å²) in [6.07, 6.45) is 0. The number of esters is 1. The van der Waals surface area contributed by atoms with Crippen molar-refractivity contribution in [1.29, 1.82) is 0 Å². The van der Waals surface area contributed by atoms with Gasteiger partial charge in [-0.1, -0.05) is 0 Å². The van der Waals surface area contributed by atoms with E-state index in [0.29, 0.717) is 6.61 Å². The quantitative estimate of drug-likeness (QED) is 0.791. The molecule has 2 aliphatic heterocycles. The maximum atomic E-state index is 12.1. The minimum atomic E-state index is -0.225. The summed E-state index contributed by atoms with van der Waals surface area (Å²) in [4.78, 5) is 13.3. The third-order valence-electron chi connectivity index (χ3n) is 3.90. The number of H-pyrrole nitrogens is 1. The molecule has 0 amide bonds. The van der Waals surface area contributed by atoms with Crippen molar-refractivity contribution in [3.8, 4) is 0 Å². The molecule has 0 spiro atoms. The Morgan fingerprint density at radius 3 is 3.05 bits per heavy atom. The van der Waals surface area contributed by atoms with Crippen LogP contribution in [0.2, 0.25) is 0 Å². The number of hydrogen-bond acceptors (Lipinski definition) is 5. The molecular weight excluding hydrogens is 274 g/mol. The molecule has 0 saturated heterocycles. The van der Waals surface area contributed by atoms with Gasteiger partial charge in [0.05, 0.1) is 17.2 Å². The number of carbonyl (C=O) groups excluding carboxylic acids is 1. The molecule has 2 aromatic rings. The summed E-state index contributed by atoms with van der Waals surface area (Å²) in [5.74, 6) is 0.504. The van der Waals surface area contributed by atoms with Crippen molar-refractivity contribution < 1.29 is 9.53 Å². The fourth-order valence-electron chi connectivity index (χ4n) is 2.93. The zero-order chi connectivity index (χ0) is 13.9. The predicted molar refractivity (Wildman–Crippen MR) is 75.8 cm³/mol. The van der Waals surface area contributed by atoms with Crippen LogP contribution < -0.4 is 5.32 Å². The molecule has 6 heteroatoms. The van der Waals surface area contributed by atoms with Crippen LogP contribution in [0, 0.1) is 13.8 Å². The number of cyclic esters (lactones) is 1. The Labute approximate surface area is 119 Å². The van der Waals surface area contributed by atoms with Gasteiger partial charge in [0.2, 0.25) is 0 Å². The SMILES string of the molecule is Cc1ccsc1C1C2=C(COC2=O)Nc2n[nH]c(C)c21. The highest BCUT2D eigenvalue weighted by molar-refractivity contribution is 7.10. The van der Waals surface area contributed by atoms with Crippen LogP contribution in [0.25, 0.3) is 0 Å². The lowest BCUT2D eigenvalue weighted by atomic mass is 9.85. The Kier molecular flexibility index (Phi) is 2.32. The third-order valence-corrected chi connectivity index (χ3v) is 4.98. The monoisotopic (exact) mass is 287 g/mol. The van der Waals surface area contributed by atoms with Crippen molar-refractivity contribution in [2.24, 2.45) is 0 Å². The van der Waals surface area contributed by atoms with E-state index < -0.39 is 0 Å². The molecule has 5 nitrogen and oxygen atoms in total. The molecule has 1 unspecified atom stereocenters. The average molecular weight is 287 g/mol. The zero-order valence-electron chi connectivity index (χ0n) is 11.1. The van der Waals surface area contributed by atoms with E-state index in [4.69, 9.17) is 4.74 Å². The molecule has 0 bridgehead atoms. The number of nitrogens with zero attached hydrogens (tertiary/aromatic N) is 1. The van der Waals surface area contributed by atoms with Crippen molar-refractivity contribution >= 4 is 23.1 Å². The lowest BCUT2D eigenvalue weighted by molar-refractivity contribution is -0.136. The van der Waals surface area contributed by atoms with Crippen molar-refractivity contribution in [2.45, 2.75) is 19.8 Å². The van der Waals surface area contributed by atoms with Crippen molar-refractivity contribution in [2.75, 3.05) is 11.9 Å². The summed E-state index contributed by atoms with van der Waals surface area (Å²) < 4.78 is 5.20. The van der Waals surface area contributed by atoms with Gasteiger partial charge in [0.1, 0.15) is 6.61 Å². The van der Waals surface area contributed by atoms with Crippen LogP contribution in [0.1, 0.15) is 27.6 Å². The minimum absolute atomic E-state index is 0.0741. The number of aromatic amines is 1.